The number of carbonyl (C=O) groups is 1. The highest BCUT2D eigenvalue weighted by Gasteiger charge is 2.30. The van der Waals surface area contributed by atoms with Crippen LogP contribution in [0.3, 0.4) is 0 Å². The molecule has 1 aliphatic carbocycles. The molecule has 2 rings (SSSR count). The quantitative estimate of drug-likeness (QED) is 0.808. The van der Waals surface area contributed by atoms with Crippen LogP contribution < -0.4 is 11.5 Å². The topological polar surface area (TPSA) is 69.1 Å². The summed E-state index contributed by atoms with van der Waals surface area (Å²) in [4.78, 5) is 12.0. The predicted molar refractivity (Wildman–Crippen MR) is 91.4 cm³/mol. The van der Waals surface area contributed by atoms with Crippen molar-refractivity contribution >= 4 is 11.5 Å². The van der Waals surface area contributed by atoms with E-state index in [1.165, 1.54) is 18.2 Å². The first-order valence-corrected chi connectivity index (χ1v) is 7.98. The Morgan fingerprint density at radius 2 is 1.96 bits per heavy atom. The van der Waals surface area contributed by atoms with Gasteiger partial charge in [-0.2, -0.15) is 0 Å². The van der Waals surface area contributed by atoms with Crippen LogP contribution in [-0.2, 0) is 4.79 Å². The summed E-state index contributed by atoms with van der Waals surface area (Å²) in [6.45, 7) is 5.50. The van der Waals surface area contributed by atoms with Crippen LogP contribution in [0.4, 0.5) is 8.78 Å². The van der Waals surface area contributed by atoms with Gasteiger partial charge >= 0.3 is 0 Å². The lowest BCUT2D eigenvalue weighted by Gasteiger charge is -2.29. The lowest BCUT2D eigenvalue weighted by Crippen LogP contribution is -2.28. The molecule has 128 valence electrons. The van der Waals surface area contributed by atoms with Crippen LogP contribution in [0.2, 0.25) is 0 Å². The molecular weight excluding hydrogens is 310 g/mol. The molecule has 1 aliphatic rings. The monoisotopic (exact) mass is 332 g/mol. The zero-order valence-electron chi connectivity index (χ0n) is 13.7. The predicted octanol–water partition coefficient (Wildman–Crippen LogP) is 3.67. The summed E-state index contributed by atoms with van der Waals surface area (Å²) < 4.78 is 27.8. The smallest absolute Gasteiger partial charge is 0.164 e. The molecule has 0 aromatic heterocycles. The first kappa shape index (κ1) is 17.9. The molecule has 24 heavy (non-hydrogen) atoms. The summed E-state index contributed by atoms with van der Waals surface area (Å²) in [6, 6.07) is 3.58. The third-order valence-electron chi connectivity index (χ3n) is 4.55. The Bertz CT molecular complexity index is 702. The van der Waals surface area contributed by atoms with E-state index in [1.54, 1.807) is 0 Å². The standard InChI is InChI=1S/C19H22F2N2O/c1-3-11-8-9-12(17(24)4-2)19(23)13(11)10-16(22)18-14(20)6-5-7-15(18)21/h4-7,10-12H,2-3,8-9,22-23H2,1H3/b16-10-/t11-,12?/m0/s1. The molecule has 5 heteroatoms. The Hall–Kier alpha value is -2.43. The number of carbonyl (C=O) groups excluding carboxylic acids is 1. The summed E-state index contributed by atoms with van der Waals surface area (Å²) in [7, 11) is 0. The van der Waals surface area contributed by atoms with Crippen molar-refractivity contribution in [2.24, 2.45) is 23.3 Å². The maximum Gasteiger partial charge on any atom is 0.164 e. The number of rotatable bonds is 5. The van der Waals surface area contributed by atoms with Crippen molar-refractivity contribution in [2.75, 3.05) is 0 Å². The molecule has 0 saturated carbocycles. The number of benzene rings is 1. The van der Waals surface area contributed by atoms with Crippen LogP contribution in [0.15, 0.2) is 48.2 Å². The van der Waals surface area contributed by atoms with E-state index >= 15 is 0 Å². The maximum atomic E-state index is 13.9. The Morgan fingerprint density at radius 1 is 1.33 bits per heavy atom. The van der Waals surface area contributed by atoms with Crippen LogP contribution in [0.25, 0.3) is 5.70 Å². The number of hydrogen-bond acceptors (Lipinski definition) is 3. The Balaban J connectivity index is 2.53. The summed E-state index contributed by atoms with van der Waals surface area (Å²) >= 11 is 0. The third-order valence-corrected chi connectivity index (χ3v) is 4.55. The summed E-state index contributed by atoms with van der Waals surface area (Å²) in [6.07, 6.45) is 4.97. The van der Waals surface area contributed by atoms with E-state index in [4.69, 9.17) is 11.5 Å². The van der Waals surface area contributed by atoms with E-state index in [1.807, 2.05) is 6.92 Å². The van der Waals surface area contributed by atoms with Gasteiger partial charge in [0, 0.05) is 11.4 Å². The fraction of sp³-hybridized carbons (Fsp3) is 0.316. The maximum absolute atomic E-state index is 13.9. The van der Waals surface area contributed by atoms with Gasteiger partial charge in [-0.25, -0.2) is 8.78 Å². The molecule has 0 fully saturated rings. The molecule has 3 nitrogen and oxygen atoms in total. The molecule has 0 amide bonds. The van der Waals surface area contributed by atoms with Crippen molar-refractivity contribution < 1.29 is 13.6 Å². The second-order valence-electron chi connectivity index (χ2n) is 5.95. The van der Waals surface area contributed by atoms with Crippen LogP contribution in [-0.4, -0.2) is 5.78 Å². The highest BCUT2D eigenvalue weighted by Crippen LogP contribution is 2.36. The Morgan fingerprint density at radius 3 is 2.50 bits per heavy atom. The molecule has 4 N–H and O–H groups in total. The Labute approximate surface area is 140 Å². The first-order chi connectivity index (χ1) is 11.4. The normalized spacial score (nSPS) is 21.7. The molecule has 1 unspecified atom stereocenters. The van der Waals surface area contributed by atoms with Gasteiger partial charge in [-0.1, -0.05) is 19.6 Å². The molecule has 0 spiro atoms. The van der Waals surface area contributed by atoms with Gasteiger partial charge in [0.25, 0.3) is 0 Å². The van der Waals surface area contributed by atoms with Crippen molar-refractivity contribution in [3.8, 4) is 0 Å². The molecule has 0 bridgehead atoms. The number of hydrogen-bond donors (Lipinski definition) is 2. The van der Waals surface area contributed by atoms with E-state index in [-0.39, 0.29) is 23.0 Å². The van der Waals surface area contributed by atoms with Crippen LogP contribution in [0.5, 0.6) is 0 Å². The summed E-state index contributed by atoms with van der Waals surface area (Å²) in [5.41, 5.74) is 12.9. The van der Waals surface area contributed by atoms with Crippen LogP contribution in [0, 0.1) is 23.5 Å². The fourth-order valence-electron chi connectivity index (χ4n) is 3.19. The molecule has 0 aliphatic heterocycles. The largest absolute Gasteiger partial charge is 0.401 e. The van der Waals surface area contributed by atoms with E-state index in [9.17, 15) is 13.6 Å². The summed E-state index contributed by atoms with van der Waals surface area (Å²) in [5.74, 6) is -1.96. The van der Waals surface area contributed by atoms with E-state index < -0.39 is 17.6 Å². The molecule has 0 heterocycles. The molecule has 0 radical (unpaired) electrons. The minimum absolute atomic E-state index is 0.0336. The van der Waals surface area contributed by atoms with Gasteiger partial charge in [-0.05, 0) is 55.0 Å². The molecule has 0 saturated heterocycles. The molecular formula is C19H22F2N2O. The Kier molecular flexibility index (Phi) is 5.54. The molecule has 1 aromatic rings. The van der Waals surface area contributed by atoms with Crippen molar-refractivity contribution in [3.05, 3.63) is 65.4 Å². The highest BCUT2D eigenvalue weighted by atomic mass is 19.1. The molecule has 2 atom stereocenters. The van der Waals surface area contributed by atoms with Gasteiger partial charge in [0.15, 0.2) is 5.78 Å². The van der Waals surface area contributed by atoms with E-state index in [0.717, 1.165) is 25.0 Å². The zero-order valence-corrected chi connectivity index (χ0v) is 13.7. The van der Waals surface area contributed by atoms with Gasteiger partial charge in [0.1, 0.15) is 11.6 Å². The van der Waals surface area contributed by atoms with Gasteiger partial charge in [0.05, 0.1) is 11.5 Å². The highest BCUT2D eigenvalue weighted by molar-refractivity contribution is 5.93. The lowest BCUT2D eigenvalue weighted by molar-refractivity contribution is -0.117. The van der Waals surface area contributed by atoms with Crippen LogP contribution in [0.1, 0.15) is 31.7 Å². The number of ketones is 1. The fourth-order valence-corrected chi connectivity index (χ4v) is 3.19. The zero-order chi connectivity index (χ0) is 17.9. The lowest BCUT2D eigenvalue weighted by atomic mass is 9.76. The number of nitrogens with two attached hydrogens (primary N) is 2. The third kappa shape index (κ3) is 3.40. The number of allylic oxidation sites excluding steroid dienone is 4. The van der Waals surface area contributed by atoms with Crippen molar-refractivity contribution in [1.82, 2.24) is 0 Å². The average Bonchev–Trinajstić information content (AvgIpc) is 2.55. The minimum Gasteiger partial charge on any atom is -0.401 e. The van der Waals surface area contributed by atoms with Crippen molar-refractivity contribution in [3.63, 3.8) is 0 Å². The summed E-state index contributed by atoms with van der Waals surface area (Å²) in [5, 5.41) is 0. The van der Waals surface area contributed by atoms with Crippen molar-refractivity contribution in [1.29, 1.82) is 0 Å². The van der Waals surface area contributed by atoms with Gasteiger partial charge in [0.2, 0.25) is 0 Å². The minimum atomic E-state index is -0.731. The van der Waals surface area contributed by atoms with E-state index in [2.05, 4.69) is 6.58 Å². The van der Waals surface area contributed by atoms with Crippen molar-refractivity contribution in [2.45, 2.75) is 26.2 Å². The van der Waals surface area contributed by atoms with Gasteiger partial charge in [-0.15, -0.1) is 0 Å². The second kappa shape index (κ2) is 7.43. The van der Waals surface area contributed by atoms with Gasteiger partial charge in [-0.3, -0.25) is 4.79 Å². The second-order valence-corrected chi connectivity index (χ2v) is 5.95. The average molecular weight is 332 g/mol. The van der Waals surface area contributed by atoms with Crippen LogP contribution >= 0.6 is 0 Å². The van der Waals surface area contributed by atoms with Gasteiger partial charge < -0.3 is 11.5 Å². The molecule has 1 aromatic carbocycles. The first-order valence-electron chi connectivity index (χ1n) is 7.98. The van der Waals surface area contributed by atoms with E-state index in [0.29, 0.717) is 17.7 Å². The number of halogens is 2. The SMILES string of the molecule is C=CC(=O)C1CC[C@H](CC)C(/C=C(\N)c2c(F)cccc2F)=C1N.